The van der Waals surface area contributed by atoms with Gasteiger partial charge in [0.25, 0.3) is 0 Å². The Morgan fingerprint density at radius 2 is 1.69 bits per heavy atom. The van der Waals surface area contributed by atoms with E-state index in [9.17, 15) is 0 Å². The average Bonchev–Trinajstić information content (AvgIpc) is 3.47. The second-order valence-electron chi connectivity index (χ2n) is 9.16. The average molecular weight is 493 g/mol. The Balaban J connectivity index is 1.40. The van der Waals surface area contributed by atoms with Crippen molar-refractivity contribution in [1.29, 1.82) is 0 Å². The number of ether oxygens (including phenoxy) is 4. The van der Waals surface area contributed by atoms with E-state index in [0.717, 1.165) is 60.0 Å². The van der Waals surface area contributed by atoms with Gasteiger partial charge >= 0.3 is 0 Å². The van der Waals surface area contributed by atoms with E-state index >= 15 is 0 Å². The summed E-state index contributed by atoms with van der Waals surface area (Å²) in [6.07, 6.45) is 2.00. The van der Waals surface area contributed by atoms with Gasteiger partial charge in [0.2, 0.25) is 13.6 Å². The molecule has 5 nitrogen and oxygen atoms in total. The topological polar surface area (TPSA) is 36.9 Å². The van der Waals surface area contributed by atoms with Gasteiger partial charge < -0.3 is 23.4 Å². The van der Waals surface area contributed by atoms with Crippen LogP contribution in [0.2, 0.25) is 0 Å². The number of benzene rings is 3. The first-order valence-electron chi connectivity index (χ1n) is 11.1. The third-order valence-electron chi connectivity index (χ3n) is 7.55. The number of hydrogen-bond acceptors (Lipinski definition) is 4. The number of rotatable bonds is 2. The summed E-state index contributed by atoms with van der Waals surface area (Å²) in [7, 11) is 0. The zero-order valence-corrected chi connectivity index (χ0v) is 19.2. The molecule has 3 aromatic rings. The Morgan fingerprint density at radius 3 is 2.59 bits per heavy atom. The molecule has 7 rings (SSSR count). The van der Waals surface area contributed by atoms with Gasteiger partial charge in [-0.05, 0) is 35.4 Å². The lowest BCUT2D eigenvalue weighted by molar-refractivity contribution is -0.985. The van der Waals surface area contributed by atoms with E-state index < -0.39 is 0 Å². The van der Waals surface area contributed by atoms with Crippen LogP contribution in [0.4, 0.5) is 0 Å². The van der Waals surface area contributed by atoms with Crippen LogP contribution in [0.5, 0.6) is 23.0 Å². The van der Waals surface area contributed by atoms with Gasteiger partial charge in [-0.15, -0.1) is 0 Å². The smallest absolute Gasteiger partial charge is 0.231 e. The molecule has 4 aliphatic rings. The van der Waals surface area contributed by atoms with Crippen molar-refractivity contribution in [2.24, 2.45) is 0 Å². The summed E-state index contributed by atoms with van der Waals surface area (Å²) < 4.78 is 25.3. The number of quaternary nitrogens is 1. The monoisotopic (exact) mass is 492 g/mol. The number of halogens is 1. The van der Waals surface area contributed by atoms with Crippen LogP contribution < -0.4 is 18.9 Å². The summed E-state index contributed by atoms with van der Waals surface area (Å²) in [6, 6.07) is 17.7. The quantitative estimate of drug-likeness (QED) is 0.456. The van der Waals surface area contributed by atoms with Crippen LogP contribution in [-0.4, -0.2) is 24.6 Å². The highest BCUT2D eigenvalue weighted by Crippen LogP contribution is 2.52. The van der Waals surface area contributed by atoms with Crippen LogP contribution in [0, 0.1) is 0 Å². The maximum absolute atomic E-state index is 5.95. The van der Waals surface area contributed by atoms with E-state index in [4.69, 9.17) is 18.9 Å². The highest BCUT2D eigenvalue weighted by Gasteiger charge is 2.48. The van der Waals surface area contributed by atoms with Gasteiger partial charge in [-0.1, -0.05) is 40.2 Å². The van der Waals surface area contributed by atoms with Gasteiger partial charge in [-0.3, -0.25) is 0 Å². The lowest BCUT2D eigenvalue weighted by Gasteiger charge is -2.51. The first-order valence-corrected chi connectivity index (χ1v) is 11.9. The number of fused-ring (bicyclic) bond motifs is 7. The van der Waals surface area contributed by atoms with E-state index in [1.807, 2.05) is 0 Å². The molecule has 0 fully saturated rings. The number of nitrogens with zero attached hydrogens (tertiary/aromatic N) is 1. The molecule has 0 aromatic heterocycles. The Hall–Kier alpha value is -2.70. The van der Waals surface area contributed by atoms with E-state index in [1.165, 1.54) is 32.3 Å². The van der Waals surface area contributed by atoms with Gasteiger partial charge in [0.05, 0.1) is 12.1 Å². The minimum atomic E-state index is 0.311. The van der Waals surface area contributed by atoms with Crippen LogP contribution in [0.3, 0.4) is 0 Å². The molecule has 3 aromatic carbocycles. The fourth-order valence-corrected chi connectivity index (χ4v) is 6.39. The normalized spacial score (nSPS) is 24.0. The maximum Gasteiger partial charge on any atom is 0.231 e. The second-order valence-corrected chi connectivity index (χ2v) is 10.0. The molecule has 0 aliphatic carbocycles. The van der Waals surface area contributed by atoms with Gasteiger partial charge in [0.15, 0.2) is 23.0 Å². The van der Waals surface area contributed by atoms with Crippen LogP contribution in [0.15, 0.2) is 53.0 Å². The van der Waals surface area contributed by atoms with Crippen molar-refractivity contribution in [2.45, 2.75) is 32.0 Å². The van der Waals surface area contributed by atoms with Crippen LogP contribution in [0.1, 0.15) is 33.9 Å². The Kier molecular flexibility index (Phi) is 4.06. The van der Waals surface area contributed by atoms with Crippen LogP contribution in [0.25, 0.3) is 0 Å². The third-order valence-corrected chi connectivity index (χ3v) is 8.32. The van der Waals surface area contributed by atoms with Crippen molar-refractivity contribution in [2.75, 3.05) is 20.1 Å². The molecule has 0 bridgehead atoms. The third kappa shape index (κ3) is 2.72. The maximum atomic E-state index is 5.95. The molecule has 0 radical (unpaired) electrons. The zero-order chi connectivity index (χ0) is 21.3. The summed E-state index contributed by atoms with van der Waals surface area (Å²) in [5.74, 6) is 3.58. The molecule has 2 atom stereocenters. The summed E-state index contributed by atoms with van der Waals surface area (Å²) >= 11 is 3.80. The molecule has 0 spiro atoms. The summed E-state index contributed by atoms with van der Waals surface area (Å²) in [4.78, 5) is 0. The van der Waals surface area contributed by atoms with Crippen molar-refractivity contribution < 1.29 is 23.4 Å². The Bertz CT molecular complexity index is 1260. The summed E-state index contributed by atoms with van der Waals surface area (Å²) in [5.41, 5.74) is 6.81. The van der Waals surface area contributed by atoms with Crippen molar-refractivity contribution in [1.82, 2.24) is 0 Å². The molecule has 0 amide bonds. The molecule has 4 aliphatic heterocycles. The molecule has 0 N–H and O–H groups in total. The predicted octanol–water partition coefficient (Wildman–Crippen LogP) is 5.28. The van der Waals surface area contributed by atoms with E-state index in [2.05, 4.69) is 64.5 Å². The first kappa shape index (κ1) is 18.8. The predicted molar refractivity (Wildman–Crippen MR) is 122 cm³/mol. The van der Waals surface area contributed by atoms with Crippen molar-refractivity contribution >= 4 is 15.9 Å². The lowest BCUT2D eigenvalue weighted by Crippen LogP contribution is -2.55. The molecule has 6 heteroatoms. The molecule has 32 heavy (non-hydrogen) atoms. The SMILES string of the molecule is Brc1ccccc1C[N+]12CCc3cc4c(cc3C1Cc1ccc3c(c1C2)OCO3)OCO4. The minimum Gasteiger partial charge on any atom is -0.454 e. The highest BCUT2D eigenvalue weighted by atomic mass is 79.9. The van der Waals surface area contributed by atoms with Gasteiger partial charge in [0.1, 0.15) is 19.1 Å². The fraction of sp³-hybridized carbons (Fsp3) is 0.308. The summed E-state index contributed by atoms with van der Waals surface area (Å²) in [5, 5.41) is 0. The zero-order valence-electron chi connectivity index (χ0n) is 17.6. The van der Waals surface area contributed by atoms with E-state index in [-0.39, 0.29) is 0 Å². The largest absolute Gasteiger partial charge is 0.454 e. The molecule has 4 heterocycles. The molecular formula is C26H23BrNO4+. The fourth-order valence-electron chi connectivity index (χ4n) is 5.98. The number of hydrogen-bond donors (Lipinski definition) is 0. The minimum absolute atomic E-state index is 0.311. The molecule has 162 valence electrons. The second kappa shape index (κ2) is 6.90. The first-order chi connectivity index (χ1) is 15.7. The molecular weight excluding hydrogens is 470 g/mol. The standard InChI is InChI=1S/C26H23BrNO4/c27-21-4-2-1-3-18(21)12-28-8-7-17-10-24-25(31-14-30-24)11-19(17)22(28)9-16-5-6-23-26(20(16)13-28)32-15-29-23/h1-6,10-11,22H,7-9,12-15H2/q+1. The van der Waals surface area contributed by atoms with Crippen LogP contribution >= 0.6 is 15.9 Å². The lowest BCUT2D eigenvalue weighted by atomic mass is 9.80. The summed E-state index contributed by atoms with van der Waals surface area (Å²) in [6.45, 7) is 3.59. The van der Waals surface area contributed by atoms with Crippen molar-refractivity contribution in [3.63, 3.8) is 0 Å². The van der Waals surface area contributed by atoms with E-state index in [0.29, 0.717) is 19.6 Å². The van der Waals surface area contributed by atoms with Crippen molar-refractivity contribution in [3.8, 4) is 23.0 Å². The Morgan fingerprint density at radius 1 is 0.875 bits per heavy atom. The van der Waals surface area contributed by atoms with Gasteiger partial charge in [0, 0.05) is 28.4 Å². The molecule has 2 unspecified atom stereocenters. The van der Waals surface area contributed by atoms with Crippen LogP contribution in [-0.2, 0) is 25.9 Å². The molecule has 0 saturated heterocycles. The van der Waals surface area contributed by atoms with Gasteiger partial charge in [-0.25, -0.2) is 0 Å². The van der Waals surface area contributed by atoms with Crippen molar-refractivity contribution in [3.05, 3.63) is 80.8 Å². The Labute approximate surface area is 195 Å². The van der Waals surface area contributed by atoms with E-state index in [1.54, 1.807) is 0 Å². The molecule has 0 saturated carbocycles. The highest BCUT2D eigenvalue weighted by molar-refractivity contribution is 9.10. The van der Waals surface area contributed by atoms with Gasteiger partial charge in [-0.2, -0.15) is 0 Å².